The van der Waals surface area contributed by atoms with Crippen LogP contribution in [-0.4, -0.2) is 85.0 Å². The van der Waals surface area contributed by atoms with Crippen molar-refractivity contribution in [1.82, 2.24) is 14.9 Å². The molecule has 0 N–H and O–H groups in total. The van der Waals surface area contributed by atoms with Crippen molar-refractivity contribution in [3.63, 3.8) is 0 Å². The molecule has 0 unspecified atom stereocenters. The Morgan fingerprint density at radius 3 is 2.75 bits per heavy atom. The molecule has 230 valence electrons. The topological polar surface area (TPSA) is 75.4 Å². The van der Waals surface area contributed by atoms with Gasteiger partial charge in [-0.25, -0.2) is 15.4 Å². The molecule has 1 amide bonds. The Balaban J connectivity index is 1.31. The zero-order valence-corrected chi connectivity index (χ0v) is 24.8. The summed E-state index contributed by atoms with van der Waals surface area (Å²) in [4.78, 5) is 32.0. The highest BCUT2D eigenvalue weighted by atomic mass is 19.1. The van der Waals surface area contributed by atoms with Crippen molar-refractivity contribution in [2.75, 3.05) is 55.8 Å². The molecule has 0 spiro atoms. The van der Waals surface area contributed by atoms with Gasteiger partial charge in [0.1, 0.15) is 30.5 Å². The van der Waals surface area contributed by atoms with E-state index in [0.717, 1.165) is 41.0 Å². The van der Waals surface area contributed by atoms with Crippen molar-refractivity contribution in [3.05, 3.63) is 77.0 Å². The molecule has 1 aliphatic carbocycles. The number of alkyl halides is 1. The van der Waals surface area contributed by atoms with Gasteiger partial charge in [0.2, 0.25) is 12.5 Å². The van der Waals surface area contributed by atoms with Crippen LogP contribution >= 0.6 is 0 Å². The summed E-state index contributed by atoms with van der Waals surface area (Å²) in [6.07, 6.45) is 5.23. The molecule has 3 aliphatic rings. The Morgan fingerprint density at radius 1 is 1.16 bits per heavy atom. The number of piperazine rings is 1. The second-order valence-corrected chi connectivity index (χ2v) is 11.5. The van der Waals surface area contributed by atoms with Gasteiger partial charge in [0.15, 0.2) is 0 Å². The third-order valence-electron chi connectivity index (χ3n) is 8.31. The maximum Gasteiger partial charge on any atom is 0.319 e. The van der Waals surface area contributed by atoms with E-state index in [9.17, 15) is 9.18 Å². The van der Waals surface area contributed by atoms with E-state index in [-0.39, 0.29) is 36.4 Å². The fourth-order valence-corrected chi connectivity index (χ4v) is 6.01. The van der Waals surface area contributed by atoms with Crippen LogP contribution in [-0.2, 0) is 22.5 Å². The number of aromatic nitrogens is 2. The second kappa shape index (κ2) is 13.1. The fraction of sp³-hybridized carbons (Fsp3) is 0.455. The van der Waals surface area contributed by atoms with E-state index in [1.165, 1.54) is 18.2 Å². The zero-order valence-electron chi connectivity index (χ0n) is 24.8. The predicted molar refractivity (Wildman–Crippen MR) is 164 cm³/mol. The van der Waals surface area contributed by atoms with Gasteiger partial charge in [0, 0.05) is 48.9 Å². The molecule has 2 aromatic carbocycles. The first-order chi connectivity index (χ1) is 21.4. The monoisotopic (exact) mass is 602 g/mol. The van der Waals surface area contributed by atoms with Gasteiger partial charge < -0.3 is 29.0 Å². The molecule has 2 atom stereocenters. The van der Waals surface area contributed by atoms with Crippen molar-refractivity contribution in [1.29, 1.82) is 0 Å². The molecule has 6 rings (SSSR count). The molecular weight excluding hydrogens is 566 g/mol. The molecule has 44 heavy (non-hydrogen) atoms. The number of benzene rings is 2. The number of rotatable bonds is 10. The van der Waals surface area contributed by atoms with Crippen LogP contribution in [0.5, 0.6) is 6.01 Å². The van der Waals surface area contributed by atoms with Crippen LogP contribution in [0.3, 0.4) is 0 Å². The number of carbonyl (C=O) groups excluding carboxylic acids is 1. The number of nitrogens with zero attached hydrogens (tertiary/aromatic N) is 6. The molecule has 0 bridgehead atoms. The lowest BCUT2D eigenvalue weighted by Gasteiger charge is -2.41. The van der Waals surface area contributed by atoms with Crippen LogP contribution in [0.4, 0.5) is 20.3 Å². The summed E-state index contributed by atoms with van der Waals surface area (Å²) in [6, 6.07) is 10.8. The third kappa shape index (κ3) is 6.45. The highest BCUT2D eigenvalue weighted by molar-refractivity contribution is 5.95. The average molecular weight is 603 g/mol. The summed E-state index contributed by atoms with van der Waals surface area (Å²) in [7, 11) is 0. The SMILES string of the molecule is [C-]#[N+]C[C@H]1CN(c2nc(O[C@H](C)COC3CC3)nc3c2CCN(c2cccc4cccc(F)c24)C3)CCN1C(=O)/C=C/CF. The van der Waals surface area contributed by atoms with Crippen LogP contribution in [0.2, 0.25) is 0 Å². The van der Waals surface area contributed by atoms with Crippen molar-refractivity contribution >= 4 is 28.2 Å². The van der Waals surface area contributed by atoms with E-state index in [2.05, 4.69) is 14.6 Å². The van der Waals surface area contributed by atoms with Crippen LogP contribution in [0.1, 0.15) is 31.0 Å². The number of allylic oxidation sites excluding steroid dienone is 1. The molecule has 1 saturated heterocycles. The van der Waals surface area contributed by atoms with E-state index in [1.807, 2.05) is 31.2 Å². The molecule has 1 saturated carbocycles. The Morgan fingerprint density at radius 2 is 1.98 bits per heavy atom. The zero-order chi connectivity index (χ0) is 30.6. The van der Waals surface area contributed by atoms with Gasteiger partial charge in [-0.15, -0.1) is 0 Å². The number of carbonyl (C=O) groups is 1. The lowest BCUT2D eigenvalue weighted by Crippen LogP contribution is -2.56. The first-order valence-corrected chi connectivity index (χ1v) is 15.2. The Bertz CT molecular complexity index is 1580. The van der Waals surface area contributed by atoms with Crippen molar-refractivity contribution < 1.29 is 23.0 Å². The lowest BCUT2D eigenvalue weighted by molar-refractivity contribution is -0.128. The molecule has 9 nitrogen and oxygen atoms in total. The largest absolute Gasteiger partial charge is 0.458 e. The fourth-order valence-electron chi connectivity index (χ4n) is 6.01. The van der Waals surface area contributed by atoms with Gasteiger partial charge in [0.25, 0.3) is 0 Å². The van der Waals surface area contributed by atoms with E-state index in [1.54, 1.807) is 11.0 Å². The van der Waals surface area contributed by atoms with Gasteiger partial charge in [-0.05, 0) is 49.8 Å². The minimum Gasteiger partial charge on any atom is -0.458 e. The number of ether oxygens (including phenoxy) is 2. The van der Waals surface area contributed by atoms with Crippen LogP contribution in [0, 0.1) is 12.4 Å². The standard InChI is InChI=1S/C33H36F2N6O3/c1-22(21-43-25-11-12-25)44-33-37-28-20-39(29-9-4-7-23-6-3-8-27(35)31(23)29)15-13-26(28)32(38-33)40-16-17-41(24(19-40)18-36-2)30(42)10-5-14-34/h3-10,22,24-25H,11-21H2,1H3/b10-5+/t22-,24+/m1/s1. The summed E-state index contributed by atoms with van der Waals surface area (Å²) < 4.78 is 39.8. The molecule has 11 heteroatoms. The maximum absolute atomic E-state index is 15.0. The Hall–Kier alpha value is -4.30. The molecule has 1 aromatic heterocycles. The lowest BCUT2D eigenvalue weighted by atomic mass is 10.0. The van der Waals surface area contributed by atoms with Crippen molar-refractivity contribution in [2.45, 2.75) is 51.0 Å². The van der Waals surface area contributed by atoms with Gasteiger partial charge >= 0.3 is 6.01 Å². The molecular formula is C33H36F2N6O3. The number of hydrogen-bond acceptors (Lipinski definition) is 7. The minimum absolute atomic E-state index is 0.123. The Labute approximate surface area is 255 Å². The van der Waals surface area contributed by atoms with E-state index < -0.39 is 6.67 Å². The van der Waals surface area contributed by atoms with Crippen molar-refractivity contribution in [3.8, 4) is 6.01 Å². The molecule has 2 fully saturated rings. The second-order valence-electron chi connectivity index (χ2n) is 11.5. The molecule has 2 aliphatic heterocycles. The first-order valence-electron chi connectivity index (χ1n) is 15.2. The van der Waals surface area contributed by atoms with Gasteiger partial charge in [-0.3, -0.25) is 4.79 Å². The highest BCUT2D eigenvalue weighted by Gasteiger charge is 2.35. The Kier molecular flexibility index (Phi) is 8.89. The predicted octanol–water partition coefficient (Wildman–Crippen LogP) is 4.74. The molecule has 3 heterocycles. The average Bonchev–Trinajstić information content (AvgIpc) is 3.87. The number of halogens is 2. The smallest absolute Gasteiger partial charge is 0.319 e. The molecule has 0 radical (unpaired) electrons. The normalized spacial score (nSPS) is 19.2. The van der Waals surface area contributed by atoms with Gasteiger partial charge in [-0.2, -0.15) is 9.97 Å². The summed E-state index contributed by atoms with van der Waals surface area (Å²) in [5.41, 5.74) is 2.59. The maximum atomic E-state index is 15.0. The third-order valence-corrected chi connectivity index (χ3v) is 8.31. The van der Waals surface area contributed by atoms with Crippen molar-refractivity contribution in [2.24, 2.45) is 0 Å². The van der Waals surface area contributed by atoms with Crippen LogP contribution < -0.4 is 14.5 Å². The van der Waals surface area contributed by atoms with E-state index >= 15 is 4.39 Å². The van der Waals surface area contributed by atoms with E-state index in [4.69, 9.17) is 26.0 Å². The number of amides is 1. The van der Waals surface area contributed by atoms with E-state index in [0.29, 0.717) is 57.2 Å². The number of hydrogen-bond donors (Lipinski definition) is 0. The van der Waals surface area contributed by atoms with Crippen LogP contribution in [0.25, 0.3) is 15.6 Å². The van der Waals surface area contributed by atoms with Gasteiger partial charge in [-0.1, -0.05) is 24.3 Å². The summed E-state index contributed by atoms with van der Waals surface area (Å²) in [5, 5.41) is 1.42. The van der Waals surface area contributed by atoms with Gasteiger partial charge in [0.05, 0.1) is 24.9 Å². The number of anilines is 2. The highest BCUT2D eigenvalue weighted by Crippen LogP contribution is 2.36. The summed E-state index contributed by atoms with van der Waals surface area (Å²) >= 11 is 0. The first kappa shape index (κ1) is 29.8. The summed E-state index contributed by atoms with van der Waals surface area (Å²) in [6.45, 7) is 11.6. The quantitative estimate of drug-likeness (QED) is 0.245. The number of fused-ring (bicyclic) bond motifs is 2. The molecule has 3 aromatic rings. The summed E-state index contributed by atoms with van der Waals surface area (Å²) in [5.74, 6) is 0.165. The van der Waals surface area contributed by atoms with Crippen LogP contribution in [0.15, 0.2) is 48.6 Å². The minimum atomic E-state index is -0.721.